The van der Waals surface area contributed by atoms with Crippen LogP contribution in [0.15, 0.2) is 158 Å². The van der Waals surface area contributed by atoms with Crippen LogP contribution in [0.25, 0.3) is 66.7 Å². The van der Waals surface area contributed by atoms with E-state index in [-0.39, 0.29) is 0 Å². The molecule has 3 aromatic carbocycles. The molecule has 0 spiro atoms. The van der Waals surface area contributed by atoms with Crippen LogP contribution >= 0.6 is 0 Å². The van der Waals surface area contributed by atoms with Crippen molar-refractivity contribution in [2.75, 3.05) is 0 Å². The molecule has 0 radical (unpaired) electrons. The van der Waals surface area contributed by atoms with E-state index in [1.807, 2.05) is 55.4 Å². The van der Waals surface area contributed by atoms with Crippen LogP contribution in [0.3, 0.4) is 0 Å². The molecular weight excluding hydrogens is 509 g/mol. The summed E-state index contributed by atoms with van der Waals surface area (Å²) in [6.07, 6.45) is 11.3. The van der Waals surface area contributed by atoms with Crippen molar-refractivity contribution < 1.29 is 0 Å². The first-order chi connectivity index (χ1) is 20.9. The van der Waals surface area contributed by atoms with Gasteiger partial charge in [0, 0.05) is 0 Å². The van der Waals surface area contributed by atoms with Crippen LogP contribution in [0, 0.1) is 0 Å². The number of nitrogens with zero attached hydrogens (tertiary/aromatic N) is 3. The van der Waals surface area contributed by atoms with Crippen LogP contribution in [-0.2, 0) is 0 Å². The van der Waals surface area contributed by atoms with Gasteiger partial charge >= 0.3 is 247 Å². The predicted octanol–water partition coefficient (Wildman–Crippen LogP) is 9.21. The molecule has 7 aromatic rings. The zero-order chi connectivity index (χ0) is 28.1. The van der Waals surface area contributed by atoms with Crippen LogP contribution < -0.4 is 0 Å². The molecule has 4 aromatic heterocycles. The number of aromatic nitrogens is 3. The molecule has 0 aliphatic rings. The molecule has 0 aliphatic heterocycles. The Balaban J connectivity index is 1.57. The molecule has 0 N–H and O–H groups in total. The van der Waals surface area contributed by atoms with E-state index < -0.39 is 0 Å². The zero-order valence-corrected chi connectivity index (χ0v) is 22.9. The third-order valence-corrected chi connectivity index (χ3v) is 7.61. The molecule has 0 bridgehead atoms. The van der Waals surface area contributed by atoms with Crippen molar-refractivity contribution in [2.45, 2.75) is 0 Å². The number of hydrogen-bond donors (Lipinski definition) is 0. The van der Waals surface area contributed by atoms with Crippen LogP contribution in [0.5, 0.6) is 0 Å². The molecule has 0 aliphatic carbocycles. The average Bonchev–Trinajstić information content (AvgIpc) is 3.09. The van der Waals surface area contributed by atoms with Crippen molar-refractivity contribution >= 4 is 6.91 Å². The Morgan fingerprint density at radius 3 is 1.29 bits per heavy atom. The zero-order valence-electron chi connectivity index (χ0n) is 22.9. The Bertz CT molecular complexity index is 1870. The summed E-state index contributed by atoms with van der Waals surface area (Å²) in [6, 6.07) is 40.4. The fraction of sp³-hybridized carbons (Fsp3) is 0. The van der Waals surface area contributed by atoms with Gasteiger partial charge < -0.3 is 0 Å². The van der Waals surface area contributed by atoms with Gasteiger partial charge in [-0.15, -0.1) is 0 Å². The van der Waals surface area contributed by atoms with Crippen molar-refractivity contribution in [1.82, 2.24) is 15.0 Å². The first kappa shape index (κ1) is 25.5. The third kappa shape index (κ3) is 4.84. The summed E-state index contributed by atoms with van der Waals surface area (Å²) in [4.78, 5) is 13.3. The van der Waals surface area contributed by atoms with Gasteiger partial charge in [0.2, 0.25) is 0 Å². The van der Waals surface area contributed by atoms with E-state index in [2.05, 4.69) is 125 Å². The Morgan fingerprint density at radius 1 is 0.357 bits per heavy atom. The van der Waals surface area contributed by atoms with Gasteiger partial charge in [-0.25, -0.2) is 0 Å². The second-order valence-corrected chi connectivity index (χ2v) is 10.1. The van der Waals surface area contributed by atoms with Crippen LogP contribution in [0.2, 0.25) is 0 Å². The molecule has 0 atom stereocenters. The summed E-state index contributed by atoms with van der Waals surface area (Å²) in [5, 5.41) is 0. The van der Waals surface area contributed by atoms with Gasteiger partial charge in [-0.2, -0.15) is 0 Å². The first-order valence-electron chi connectivity index (χ1n) is 14.0. The maximum atomic E-state index is 4.45. The minimum absolute atomic E-state index is 1.08. The molecule has 0 saturated heterocycles. The number of pyridine rings is 3. The summed E-state index contributed by atoms with van der Waals surface area (Å²) in [5.74, 6) is 2.17. The van der Waals surface area contributed by atoms with Gasteiger partial charge in [-0.3, -0.25) is 0 Å². The fourth-order valence-corrected chi connectivity index (χ4v) is 5.75. The molecule has 7 rings (SSSR count). The van der Waals surface area contributed by atoms with E-state index in [0.717, 1.165) is 61.1 Å². The summed E-state index contributed by atoms with van der Waals surface area (Å²) in [6.45, 7) is 2.24. The topological polar surface area (TPSA) is 38.7 Å². The van der Waals surface area contributed by atoms with Crippen molar-refractivity contribution in [3.05, 3.63) is 158 Å². The van der Waals surface area contributed by atoms with Crippen molar-refractivity contribution in [1.29, 1.82) is 0 Å². The van der Waals surface area contributed by atoms with Gasteiger partial charge in [0.25, 0.3) is 0 Å². The van der Waals surface area contributed by atoms with E-state index in [1.165, 1.54) is 5.56 Å². The second kappa shape index (κ2) is 11.6. The van der Waals surface area contributed by atoms with Crippen LogP contribution in [0.4, 0.5) is 0 Å². The first-order valence-corrected chi connectivity index (χ1v) is 14.0. The maximum absolute atomic E-state index is 4.45. The predicted molar refractivity (Wildman–Crippen MR) is 174 cm³/mol. The molecule has 0 saturated carbocycles. The van der Waals surface area contributed by atoms with E-state index in [9.17, 15) is 0 Å². The number of benzene rings is 3. The van der Waals surface area contributed by atoms with E-state index in [0.29, 0.717) is 0 Å². The summed E-state index contributed by atoms with van der Waals surface area (Å²) in [5.41, 5.74) is 13.6. The SMILES string of the molecule is b1ccc(-c2ccccc2-c2cccnc2)c(-c2ccccc2-c2cccnc2)c1-c1ccccc1-c1cccnc1. The van der Waals surface area contributed by atoms with Gasteiger partial charge in [0.05, 0.1) is 0 Å². The third-order valence-electron chi connectivity index (χ3n) is 7.61. The molecule has 3 nitrogen and oxygen atoms in total. The number of rotatable bonds is 6. The van der Waals surface area contributed by atoms with Gasteiger partial charge in [0.15, 0.2) is 0 Å². The Labute approximate surface area is 246 Å². The summed E-state index contributed by atoms with van der Waals surface area (Å²) in [7, 11) is 0. The van der Waals surface area contributed by atoms with Gasteiger partial charge in [0.1, 0.15) is 0 Å². The molecular formula is C38H26BN3. The van der Waals surface area contributed by atoms with Crippen LogP contribution in [0.1, 0.15) is 0 Å². The summed E-state index contributed by atoms with van der Waals surface area (Å²) < 4.78 is 0. The monoisotopic (exact) mass is 535 g/mol. The molecule has 196 valence electrons. The molecule has 4 heterocycles. The minimum atomic E-state index is 1.08. The molecule has 0 unspecified atom stereocenters. The van der Waals surface area contributed by atoms with Crippen molar-refractivity contribution in [3.63, 3.8) is 0 Å². The normalized spacial score (nSPS) is 10.8. The van der Waals surface area contributed by atoms with Gasteiger partial charge in [-0.05, 0) is 0 Å². The summed E-state index contributed by atoms with van der Waals surface area (Å²) >= 11 is 0. The standard InChI is InChI=1S/C38H26BN3/c1-4-16-33(30(13-1)27-10-7-21-40-24-27)35-19-20-39-38(36-18-6-3-15-32(36)29-12-9-23-42-26-29)37(35)34-17-5-2-14-31(34)28-11-8-22-41-25-28/h1-26H. The van der Waals surface area contributed by atoms with E-state index in [1.54, 1.807) is 0 Å². The van der Waals surface area contributed by atoms with E-state index in [4.69, 9.17) is 0 Å². The fourth-order valence-electron chi connectivity index (χ4n) is 5.75. The average molecular weight is 535 g/mol. The Hall–Kier alpha value is -5.48. The molecule has 4 heteroatoms. The van der Waals surface area contributed by atoms with Crippen molar-refractivity contribution in [3.8, 4) is 66.7 Å². The Kier molecular flexibility index (Phi) is 7.02. The van der Waals surface area contributed by atoms with E-state index >= 15 is 0 Å². The molecule has 0 amide bonds. The number of hydrogen-bond acceptors (Lipinski definition) is 3. The van der Waals surface area contributed by atoms with Crippen molar-refractivity contribution in [2.24, 2.45) is 0 Å². The second-order valence-electron chi connectivity index (χ2n) is 10.1. The quantitative estimate of drug-likeness (QED) is 0.213. The molecule has 42 heavy (non-hydrogen) atoms. The van der Waals surface area contributed by atoms with Crippen LogP contribution in [-0.4, -0.2) is 21.9 Å². The molecule has 0 fully saturated rings. The van der Waals surface area contributed by atoms with Gasteiger partial charge in [-0.1, -0.05) is 0 Å². The Morgan fingerprint density at radius 2 is 0.786 bits per heavy atom.